The van der Waals surface area contributed by atoms with Crippen LogP contribution >= 0.6 is 0 Å². The van der Waals surface area contributed by atoms with Crippen LogP contribution in [0.5, 0.6) is 0 Å². The van der Waals surface area contributed by atoms with Crippen LogP contribution < -0.4 is 5.32 Å². The maximum absolute atomic E-state index is 13.1. The molecule has 1 atom stereocenters. The molecule has 0 aromatic heterocycles. The van der Waals surface area contributed by atoms with Crippen molar-refractivity contribution in [3.05, 3.63) is 35.6 Å². The summed E-state index contributed by atoms with van der Waals surface area (Å²) in [6, 6.07) is 6.03. The Hall–Kier alpha value is -1.95. The molecule has 27 heavy (non-hydrogen) atoms. The number of benzene rings is 1. The zero-order valence-electron chi connectivity index (χ0n) is 15.7. The Bertz CT molecular complexity index is 675. The molecule has 6 heteroatoms. The Morgan fingerprint density at radius 2 is 1.59 bits per heavy atom. The Balaban J connectivity index is 1.38. The van der Waals surface area contributed by atoms with E-state index in [-0.39, 0.29) is 23.7 Å². The van der Waals surface area contributed by atoms with E-state index in [0.717, 1.165) is 25.7 Å². The first kappa shape index (κ1) is 18.4. The van der Waals surface area contributed by atoms with Gasteiger partial charge in [0, 0.05) is 37.8 Å². The van der Waals surface area contributed by atoms with Gasteiger partial charge >= 0.3 is 0 Å². The lowest BCUT2D eigenvalue weighted by atomic mass is 9.95. The predicted molar refractivity (Wildman–Crippen MR) is 101 cm³/mol. The first-order valence-electron chi connectivity index (χ1n) is 10.2. The minimum atomic E-state index is -0.336. The smallest absolute Gasteiger partial charge is 0.253 e. The van der Waals surface area contributed by atoms with E-state index in [2.05, 4.69) is 10.2 Å². The van der Waals surface area contributed by atoms with Crippen LogP contribution in [-0.2, 0) is 4.79 Å². The summed E-state index contributed by atoms with van der Waals surface area (Å²) in [5.74, 6) is 0.220. The lowest BCUT2D eigenvalue weighted by Gasteiger charge is -2.40. The molecule has 1 aromatic carbocycles. The van der Waals surface area contributed by atoms with Gasteiger partial charge in [-0.25, -0.2) is 4.39 Å². The second-order valence-electron chi connectivity index (χ2n) is 8.11. The van der Waals surface area contributed by atoms with Gasteiger partial charge in [-0.05, 0) is 55.9 Å². The van der Waals surface area contributed by atoms with Crippen molar-refractivity contribution < 1.29 is 14.0 Å². The van der Waals surface area contributed by atoms with E-state index in [1.165, 1.54) is 37.1 Å². The molecule has 1 heterocycles. The monoisotopic (exact) mass is 373 g/mol. The molecular formula is C21H28FN3O2. The Morgan fingerprint density at radius 1 is 0.963 bits per heavy atom. The normalized spacial score (nSPS) is 22.6. The van der Waals surface area contributed by atoms with E-state index >= 15 is 0 Å². The number of nitrogens with one attached hydrogen (secondary N) is 1. The fraction of sp³-hybridized carbons (Fsp3) is 0.619. The number of carbonyl (C=O) groups is 2. The second kappa shape index (κ2) is 7.97. The molecule has 1 N–H and O–H groups in total. The fourth-order valence-electron chi connectivity index (χ4n) is 4.44. The molecule has 5 nitrogen and oxygen atoms in total. The van der Waals surface area contributed by atoms with Gasteiger partial charge in [0.05, 0.1) is 6.04 Å². The number of hydrogen-bond acceptors (Lipinski definition) is 3. The van der Waals surface area contributed by atoms with Crippen molar-refractivity contribution in [3.8, 4) is 0 Å². The van der Waals surface area contributed by atoms with Crippen LogP contribution in [0.25, 0.3) is 0 Å². The van der Waals surface area contributed by atoms with Crippen molar-refractivity contribution in [1.82, 2.24) is 15.1 Å². The van der Waals surface area contributed by atoms with E-state index in [1.807, 2.05) is 4.90 Å². The third-order valence-corrected chi connectivity index (χ3v) is 6.12. The van der Waals surface area contributed by atoms with Crippen LogP contribution in [0.3, 0.4) is 0 Å². The van der Waals surface area contributed by atoms with E-state index in [9.17, 15) is 14.0 Å². The lowest BCUT2D eigenvalue weighted by molar-refractivity contribution is -0.129. The van der Waals surface area contributed by atoms with Crippen LogP contribution in [0.2, 0.25) is 0 Å². The van der Waals surface area contributed by atoms with Crippen LogP contribution in [0.1, 0.15) is 48.9 Å². The number of nitrogens with zero attached hydrogens (tertiary/aromatic N) is 2. The van der Waals surface area contributed by atoms with Crippen molar-refractivity contribution >= 4 is 11.8 Å². The van der Waals surface area contributed by atoms with Crippen molar-refractivity contribution in [2.24, 2.45) is 5.92 Å². The van der Waals surface area contributed by atoms with Crippen molar-refractivity contribution in [2.45, 2.75) is 50.6 Å². The lowest BCUT2D eigenvalue weighted by Crippen LogP contribution is -2.58. The maximum Gasteiger partial charge on any atom is 0.253 e. The van der Waals surface area contributed by atoms with Crippen LogP contribution in [-0.4, -0.2) is 59.9 Å². The number of rotatable bonds is 5. The fourth-order valence-corrected chi connectivity index (χ4v) is 4.44. The van der Waals surface area contributed by atoms with E-state index in [1.54, 1.807) is 0 Å². The minimum absolute atomic E-state index is 0.0591. The zero-order chi connectivity index (χ0) is 18.8. The summed E-state index contributed by atoms with van der Waals surface area (Å²) in [5.41, 5.74) is 0.517. The molecule has 146 valence electrons. The van der Waals surface area contributed by atoms with Crippen molar-refractivity contribution in [1.29, 1.82) is 0 Å². The summed E-state index contributed by atoms with van der Waals surface area (Å²) < 4.78 is 13.1. The van der Waals surface area contributed by atoms with E-state index < -0.39 is 0 Å². The largest absolute Gasteiger partial charge is 0.352 e. The Labute approximate surface area is 159 Å². The molecule has 1 aromatic rings. The Morgan fingerprint density at radius 3 is 2.19 bits per heavy atom. The summed E-state index contributed by atoms with van der Waals surface area (Å²) in [6.45, 7) is 2.64. The first-order valence-corrected chi connectivity index (χ1v) is 10.2. The second-order valence-corrected chi connectivity index (χ2v) is 8.11. The average Bonchev–Trinajstić information content (AvgIpc) is 3.33. The average molecular weight is 373 g/mol. The summed E-state index contributed by atoms with van der Waals surface area (Å²) in [7, 11) is 0. The highest BCUT2D eigenvalue weighted by molar-refractivity contribution is 5.94. The minimum Gasteiger partial charge on any atom is -0.352 e. The third-order valence-electron chi connectivity index (χ3n) is 6.12. The molecule has 1 saturated heterocycles. The molecule has 2 saturated carbocycles. The third kappa shape index (κ3) is 4.32. The van der Waals surface area contributed by atoms with Gasteiger partial charge in [-0.3, -0.25) is 14.5 Å². The van der Waals surface area contributed by atoms with Gasteiger partial charge in [0.1, 0.15) is 5.82 Å². The molecule has 0 spiro atoms. The summed E-state index contributed by atoms with van der Waals surface area (Å²) in [6.07, 6.45) is 6.86. The maximum atomic E-state index is 13.1. The summed E-state index contributed by atoms with van der Waals surface area (Å²) in [5, 5.41) is 3.20. The summed E-state index contributed by atoms with van der Waals surface area (Å²) in [4.78, 5) is 29.6. The highest BCUT2D eigenvalue weighted by Crippen LogP contribution is 2.32. The van der Waals surface area contributed by atoms with E-state index in [4.69, 9.17) is 0 Å². The molecule has 1 aliphatic heterocycles. The van der Waals surface area contributed by atoms with Gasteiger partial charge in [-0.2, -0.15) is 0 Å². The quantitative estimate of drug-likeness (QED) is 0.862. The number of halogens is 1. The number of hydrogen-bond donors (Lipinski definition) is 1. The molecule has 0 unspecified atom stereocenters. The standard InChI is InChI=1S/C21H28FN3O2/c22-17-7-5-16(6-8-17)21(27)25-13-11-24(12-14-25)19(15-3-1-2-4-15)20(26)23-18-9-10-18/h5-8,15,18-19H,1-4,9-14H2,(H,23,26)/t19-/m0/s1. The van der Waals surface area contributed by atoms with Crippen LogP contribution in [0, 0.1) is 11.7 Å². The van der Waals surface area contributed by atoms with Crippen molar-refractivity contribution in [2.75, 3.05) is 26.2 Å². The van der Waals surface area contributed by atoms with Crippen LogP contribution in [0.15, 0.2) is 24.3 Å². The van der Waals surface area contributed by atoms with Crippen LogP contribution in [0.4, 0.5) is 4.39 Å². The van der Waals surface area contributed by atoms with Gasteiger partial charge in [-0.1, -0.05) is 12.8 Å². The van der Waals surface area contributed by atoms with Gasteiger partial charge in [-0.15, -0.1) is 0 Å². The molecule has 3 aliphatic rings. The van der Waals surface area contributed by atoms with Gasteiger partial charge in [0.2, 0.25) is 5.91 Å². The molecule has 2 aliphatic carbocycles. The highest BCUT2D eigenvalue weighted by atomic mass is 19.1. The first-order chi connectivity index (χ1) is 13.1. The molecule has 0 bridgehead atoms. The number of carbonyl (C=O) groups excluding carboxylic acids is 2. The topological polar surface area (TPSA) is 52.7 Å². The number of piperazine rings is 1. The predicted octanol–water partition coefficient (Wildman–Crippen LogP) is 2.42. The zero-order valence-corrected chi connectivity index (χ0v) is 15.7. The molecule has 0 radical (unpaired) electrons. The molecule has 3 fully saturated rings. The van der Waals surface area contributed by atoms with E-state index in [0.29, 0.717) is 43.7 Å². The molecule has 2 amide bonds. The SMILES string of the molecule is O=C(NC1CC1)[C@H](C1CCCC1)N1CCN(C(=O)c2ccc(F)cc2)CC1. The number of amides is 2. The Kier molecular flexibility index (Phi) is 5.43. The summed E-state index contributed by atoms with van der Waals surface area (Å²) >= 11 is 0. The van der Waals surface area contributed by atoms with Crippen molar-refractivity contribution in [3.63, 3.8) is 0 Å². The van der Waals surface area contributed by atoms with Gasteiger partial charge in [0.25, 0.3) is 5.91 Å². The van der Waals surface area contributed by atoms with Gasteiger partial charge < -0.3 is 10.2 Å². The molecular weight excluding hydrogens is 345 g/mol. The molecule has 4 rings (SSSR count). The van der Waals surface area contributed by atoms with Gasteiger partial charge in [0.15, 0.2) is 0 Å². The highest BCUT2D eigenvalue weighted by Gasteiger charge is 2.39.